The highest BCUT2D eigenvalue weighted by Gasteiger charge is 2.54. The molecule has 0 heteroatoms. The first-order chi connectivity index (χ1) is 8.43. The molecular weight excluding hydrogens is 204 g/mol. The molecule has 0 aliphatic heterocycles. The Bertz CT molecular complexity index is 525. The standard InChI is InChI=1S/C17H18/c1-3-10-4-2-6-14-15(10)13(5-1)16-11-7-8-12(9-11)17(14)16/h1,3,5,7-8,11-12,14,16-17H,2,4,6,9H2. The van der Waals surface area contributed by atoms with E-state index in [0.29, 0.717) is 0 Å². The molecule has 4 aliphatic carbocycles. The van der Waals surface area contributed by atoms with Crippen molar-refractivity contribution < 1.29 is 0 Å². The van der Waals surface area contributed by atoms with Crippen LogP contribution >= 0.6 is 0 Å². The van der Waals surface area contributed by atoms with Crippen LogP contribution in [0.1, 0.15) is 47.8 Å². The van der Waals surface area contributed by atoms with Gasteiger partial charge in [0.05, 0.1) is 0 Å². The summed E-state index contributed by atoms with van der Waals surface area (Å²) in [7, 11) is 0. The first kappa shape index (κ1) is 8.97. The van der Waals surface area contributed by atoms with Crippen molar-refractivity contribution in [2.75, 3.05) is 0 Å². The van der Waals surface area contributed by atoms with Crippen molar-refractivity contribution in [2.24, 2.45) is 17.8 Å². The first-order valence-corrected chi connectivity index (χ1v) is 7.23. The van der Waals surface area contributed by atoms with E-state index in [4.69, 9.17) is 0 Å². The Kier molecular flexibility index (Phi) is 1.51. The molecule has 1 aromatic rings. The molecule has 5 atom stereocenters. The van der Waals surface area contributed by atoms with Crippen LogP contribution in [0, 0.1) is 17.8 Å². The zero-order valence-electron chi connectivity index (χ0n) is 10.1. The third kappa shape index (κ3) is 0.931. The highest BCUT2D eigenvalue weighted by Crippen LogP contribution is 2.65. The fourth-order valence-corrected chi connectivity index (χ4v) is 5.48. The number of fused-ring (bicyclic) bond motifs is 7. The second kappa shape index (κ2) is 2.85. The summed E-state index contributed by atoms with van der Waals surface area (Å²) >= 11 is 0. The molecule has 0 radical (unpaired) electrons. The van der Waals surface area contributed by atoms with Gasteiger partial charge in [-0.25, -0.2) is 0 Å². The van der Waals surface area contributed by atoms with Gasteiger partial charge >= 0.3 is 0 Å². The summed E-state index contributed by atoms with van der Waals surface area (Å²) in [5, 5.41) is 0. The van der Waals surface area contributed by atoms with E-state index in [1.54, 1.807) is 16.7 Å². The van der Waals surface area contributed by atoms with Crippen LogP contribution in [0.25, 0.3) is 0 Å². The van der Waals surface area contributed by atoms with E-state index in [2.05, 4.69) is 30.4 Å². The normalized spacial score (nSPS) is 43.9. The van der Waals surface area contributed by atoms with Crippen molar-refractivity contribution in [2.45, 2.75) is 37.5 Å². The van der Waals surface area contributed by atoms with E-state index in [1.165, 1.54) is 25.7 Å². The average molecular weight is 222 g/mol. The van der Waals surface area contributed by atoms with Crippen molar-refractivity contribution in [3.63, 3.8) is 0 Å². The topological polar surface area (TPSA) is 0 Å². The van der Waals surface area contributed by atoms with Crippen LogP contribution in [-0.4, -0.2) is 0 Å². The zero-order chi connectivity index (χ0) is 11.0. The van der Waals surface area contributed by atoms with E-state index in [0.717, 1.165) is 29.6 Å². The monoisotopic (exact) mass is 222 g/mol. The minimum absolute atomic E-state index is 0.877. The summed E-state index contributed by atoms with van der Waals surface area (Å²) < 4.78 is 0. The third-order valence-electron chi connectivity index (χ3n) is 5.91. The lowest BCUT2D eigenvalue weighted by Crippen LogP contribution is -2.19. The third-order valence-corrected chi connectivity index (χ3v) is 5.91. The van der Waals surface area contributed by atoms with Crippen LogP contribution in [0.3, 0.4) is 0 Å². The molecule has 1 fully saturated rings. The van der Waals surface area contributed by atoms with E-state index in [1.807, 2.05) is 0 Å². The molecule has 5 rings (SSSR count). The van der Waals surface area contributed by atoms with Gasteiger partial charge in [0.1, 0.15) is 0 Å². The number of allylic oxidation sites excluding steroid dienone is 2. The smallest absolute Gasteiger partial charge is 0.00561 e. The molecule has 2 bridgehead atoms. The predicted molar refractivity (Wildman–Crippen MR) is 69.1 cm³/mol. The van der Waals surface area contributed by atoms with Gasteiger partial charge in [-0.3, -0.25) is 0 Å². The van der Waals surface area contributed by atoms with Gasteiger partial charge in [-0.15, -0.1) is 0 Å². The minimum atomic E-state index is 0.877. The van der Waals surface area contributed by atoms with Gasteiger partial charge in [0.25, 0.3) is 0 Å². The summed E-state index contributed by atoms with van der Waals surface area (Å²) in [5.41, 5.74) is 5.23. The molecule has 1 aromatic carbocycles. The SMILES string of the molecule is C1=CC2CC1C1c3cccc4c3C(CCC4)C21. The van der Waals surface area contributed by atoms with Crippen molar-refractivity contribution in [1.29, 1.82) is 0 Å². The second-order valence-corrected chi connectivity index (χ2v) is 6.47. The van der Waals surface area contributed by atoms with E-state index < -0.39 is 0 Å². The average Bonchev–Trinajstić information content (AvgIpc) is 3.03. The summed E-state index contributed by atoms with van der Waals surface area (Å²) in [6.45, 7) is 0. The van der Waals surface area contributed by atoms with Crippen LogP contribution in [-0.2, 0) is 6.42 Å². The molecule has 5 unspecified atom stereocenters. The predicted octanol–water partition coefficient (Wildman–Crippen LogP) is 4.03. The first-order valence-electron chi connectivity index (χ1n) is 7.23. The van der Waals surface area contributed by atoms with Crippen LogP contribution in [0.2, 0.25) is 0 Å². The Balaban J connectivity index is 1.78. The van der Waals surface area contributed by atoms with Gasteiger partial charge in [0, 0.05) is 0 Å². The van der Waals surface area contributed by atoms with Crippen molar-refractivity contribution in [3.05, 3.63) is 47.0 Å². The molecule has 0 amide bonds. The maximum absolute atomic E-state index is 2.53. The van der Waals surface area contributed by atoms with Gasteiger partial charge in [0.2, 0.25) is 0 Å². The molecule has 0 N–H and O–H groups in total. The molecule has 4 aliphatic rings. The Morgan fingerprint density at radius 1 is 1.06 bits per heavy atom. The summed E-state index contributed by atoms with van der Waals surface area (Å²) in [4.78, 5) is 0. The number of benzene rings is 1. The number of aryl methyl sites for hydroxylation is 1. The van der Waals surface area contributed by atoms with Crippen molar-refractivity contribution in [3.8, 4) is 0 Å². The highest BCUT2D eigenvalue weighted by atomic mass is 14.6. The van der Waals surface area contributed by atoms with Crippen LogP contribution < -0.4 is 0 Å². The zero-order valence-corrected chi connectivity index (χ0v) is 10.1. The van der Waals surface area contributed by atoms with Gasteiger partial charge in [-0.1, -0.05) is 30.4 Å². The van der Waals surface area contributed by atoms with E-state index in [-0.39, 0.29) is 0 Å². The van der Waals surface area contributed by atoms with Crippen molar-refractivity contribution in [1.82, 2.24) is 0 Å². The Hall–Kier alpha value is -1.04. The maximum Gasteiger partial charge on any atom is -0.00561 e. The lowest BCUT2D eigenvalue weighted by Gasteiger charge is -2.29. The summed E-state index contributed by atoms with van der Waals surface area (Å²) in [6.07, 6.45) is 10.7. The van der Waals surface area contributed by atoms with Crippen molar-refractivity contribution >= 4 is 0 Å². The van der Waals surface area contributed by atoms with Gasteiger partial charge in [0.15, 0.2) is 0 Å². The number of hydrogen-bond donors (Lipinski definition) is 0. The lowest BCUT2D eigenvalue weighted by molar-refractivity contribution is 0.333. The molecule has 0 spiro atoms. The lowest BCUT2D eigenvalue weighted by atomic mass is 9.75. The molecule has 0 aromatic heterocycles. The molecule has 17 heavy (non-hydrogen) atoms. The molecule has 0 heterocycles. The fraction of sp³-hybridized carbons (Fsp3) is 0.529. The maximum atomic E-state index is 2.53. The largest absolute Gasteiger partial charge is 0.0848 e. The second-order valence-electron chi connectivity index (χ2n) is 6.47. The minimum Gasteiger partial charge on any atom is -0.0848 e. The van der Waals surface area contributed by atoms with Gasteiger partial charge in [-0.05, 0) is 72.0 Å². The number of hydrogen-bond acceptors (Lipinski definition) is 0. The number of rotatable bonds is 0. The Morgan fingerprint density at radius 2 is 2.00 bits per heavy atom. The van der Waals surface area contributed by atoms with E-state index >= 15 is 0 Å². The van der Waals surface area contributed by atoms with Gasteiger partial charge in [-0.2, -0.15) is 0 Å². The van der Waals surface area contributed by atoms with E-state index in [9.17, 15) is 0 Å². The Labute approximate surface area is 103 Å². The van der Waals surface area contributed by atoms with Crippen LogP contribution in [0.4, 0.5) is 0 Å². The molecule has 1 saturated carbocycles. The molecule has 0 nitrogen and oxygen atoms in total. The molecule has 86 valence electrons. The summed E-state index contributed by atoms with van der Waals surface area (Å²) in [5.74, 6) is 4.57. The van der Waals surface area contributed by atoms with Crippen LogP contribution in [0.15, 0.2) is 30.4 Å². The molecule has 0 saturated heterocycles. The van der Waals surface area contributed by atoms with Gasteiger partial charge < -0.3 is 0 Å². The molecular formula is C17H18. The fourth-order valence-electron chi connectivity index (χ4n) is 5.48. The highest BCUT2D eigenvalue weighted by molar-refractivity contribution is 5.50. The quantitative estimate of drug-likeness (QED) is 0.459. The van der Waals surface area contributed by atoms with Crippen LogP contribution in [0.5, 0.6) is 0 Å². The Morgan fingerprint density at radius 3 is 3.00 bits per heavy atom. The summed E-state index contributed by atoms with van der Waals surface area (Å²) in [6, 6.07) is 7.15.